The Balaban J connectivity index is 2.79. The summed E-state index contributed by atoms with van der Waals surface area (Å²) in [5, 5.41) is 2.29. The fourth-order valence-electron chi connectivity index (χ4n) is 0.647. The van der Waals surface area contributed by atoms with Gasteiger partial charge in [0.15, 0.2) is 0 Å². The van der Waals surface area contributed by atoms with Crippen LogP contribution >= 0.6 is 0 Å². The van der Waals surface area contributed by atoms with Gasteiger partial charge in [0.25, 0.3) is 0 Å². The number of aromatic nitrogens is 1. The summed E-state index contributed by atoms with van der Waals surface area (Å²) < 4.78 is 49.7. The van der Waals surface area contributed by atoms with Gasteiger partial charge < -0.3 is 5.32 Å². The van der Waals surface area contributed by atoms with Crippen molar-refractivity contribution in [2.45, 2.75) is 6.18 Å². The topological polar surface area (TPSA) is 24.9 Å². The van der Waals surface area contributed by atoms with Crippen LogP contribution in [0, 0.1) is 0 Å². The van der Waals surface area contributed by atoms with Gasteiger partial charge in [-0.25, -0.2) is 4.98 Å². The molecule has 0 saturated heterocycles. The number of anilines is 1. The lowest BCUT2D eigenvalue weighted by molar-refractivity contribution is -0.141. The van der Waals surface area contributed by atoms with Crippen molar-refractivity contribution in [2.75, 3.05) is 12.3 Å². The van der Waals surface area contributed by atoms with Gasteiger partial charge in [-0.3, -0.25) is 0 Å². The van der Waals surface area contributed by atoms with Gasteiger partial charge in [0.05, 0.1) is 11.9 Å². The average molecular weight is 178 g/mol. The van der Waals surface area contributed by atoms with Crippen LogP contribution < -0.4 is 5.32 Å². The quantitative estimate of drug-likeness (QED) is 0.712. The molecule has 0 unspecified atom stereocenters. The van der Waals surface area contributed by atoms with Gasteiger partial charge in [0.1, 0.15) is 5.69 Å². The lowest BCUT2D eigenvalue weighted by Gasteiger charge is -2.05. The average Bonchev–Trinajstić information content (AvgIpc) is 2.02. The minimum Gasteiger partial charge on any atom is -0.387 e. The van der Waals surface area contributed by atoms with Crippen molar-refractivity contribution >= 4 is 5.69 Å². The number of rotatable bonds is 1. The number of nitrogens with one attached hydrogen (secondary N) is 1. The SMILES string of the molecule is [2H]C([2H])Nc1ccc(C(F)(F)F)nc1. The smallest absolute Gasteiger partial charge is 0.387 e. The predicted molar refractivity (Wildman–Crippen MR) is 38.8 cm³/mol. The van der Waals surface area contributed by atoms with Crippen LogP contribution in [0.3, 0.4) is 0 Å². The van der Waals surface area contributed by atoms with Crippen LogP contribution in [-0.2, 0) is 6.18 Å². The van der Waals surface area contributed by atoms with E-state index in [4.69, 9.17) is 2.74 Å². The third-order valence-electron chi connectivity index (χ3n) is 1.22. The van der Waals surface area contributed by atoms with Crippen molar-refractivity contribution < 1.29 is 15.9 Å². The Morgan fingerprint density at radius 2 is 2.25 bits per heavy atom. The standard InChI is InChI=1S/C7H7F3N2/c1-11-5-2-3-6(12-4-5)7(8,9)10/h2-4,11H,1H3/i1D2. The molecule has 1 N–H and O–H groups in total. The van der Waals surface area contributed by atoms with E-state index in [1.807, 2.05) is 0 Å². The molecule has 1 aromatic rings. The summed E-state index contributed by atoms with van der Waals surface area (Å²) in [4.78, 5) is 3.15. The van der Waals surface area contributed by atoms with Crippen molar-refractivity contribution in [3.8, 4) is 0 Å². The summed E-state index contributed by atoms with van der Waals surface area (Å²) in [7, 11) is 0. The summed E-state index contributed by atoms with van der Waals surface area (Å²) in [5.74, 6) is 0. The van der Waals surface area contributed by atoms with E-state index in [2.05, 4.69) is 10.3 Å². The highest BCUT2D eigenvalue weighted by Gasteiger charge is 2.31. The summed E-state index contributed by atoms with van der Waals surface area (Å²) in [6.07, 6.45) is -3.52. The number of hydrogen-bond acceptors (Lipinski definition) is 2. The third-order valence-corrected chi connectivity index (χ3v) is 1.22. The molecule has 1 rings (SSSR count). The van der Waals surface area contributed by atoms with Gasteiger partial charge in [-0.1, -0.05) is 0 Å². The van der Waals surface area contributed by atoms with Crippen LogP contribution in [0.15, 0.2) is 18.3 Å². The maximum atomic E-state index is 12.0. The lowest BCUT2D eigenvalue weighted by Crippen LogP contribution is -2.07. The van der Waals surface area contributed by atoms with E-state index >= 15 is 0 Å². The maximum Gasteiger partial charge on any atom is 0.433 e. The minimum atomic E-state index is -4.46. The minimum absolute atomic E-state index is 0.216. The molecule has 0 bridgehead atoms. The molecule has 0 fully saturated rings. The van der Waals surface area contributed by atoms with Crippen molar-refractivity contribution in [3.63, 3.8) is 0 Å². The first kappa shape index (κ1) is 6.28. The van der Waals surface area contributed by atoms with Crippen LogP contribution in [0.5, 0.6) is 0 Å². The summed E-state index contributed by atoms with van der Waals surface area (Å²) in [6.45, 7) is -1.33. The van der Waals surface area contributed by atoms with E-state index < -0.39 is 18.9 Å². The Hall–Kier alpha value is -1.26. The zero-order valence-corrected chi connectivity index (χ0v) is 5.89. The van der Waals surface area contributed by atoms with Crippen molar-refractivity contribution in [1.29, 1.82) is 0 Å². The molecule has 0 saturated carbocycles. The van der Waals surface area contributed by atoms with Crippen molar-refractivity contribution in [3.05, 3.63) is 24.0 Å². The number of halogens is 3. The highest BCUT2D eigenvalue weighted by atomic mass is 19.4. The summed E-state index contributed by atoms with van der Waals surface area (Å²) >= 11 is 0. The molecule has 12 heavy (non-hydrogen) atoms. The van der Waals surface area contributed by atoms with Crippen LogP contribution in [0.1, 0.15) is 8.44 Å². The largest absolute Gasteiger partial charge is 0.433 e. The summed E-state index contributed by atoms with van der Waals surface area (Å²) in [5.41, 5.74) is -0.775. The Kier molecular flexibility index (Phi) is 1.57. The highest BCUT2D eigenvalue weighted by Crippen LogP contribution is 2.27. The number of hydrogen-bond donors (Lipinski definition) is 1. The first-order valence-corrected chi connectivity index (χ1v) is 3.04. The fraction of sp³-hybridized carbons (Fsp3) is 0.286. The molecule has 5 heteroatoms. The Morgan fingerprint density at radius 1 is 1.50 bits per heavy atom. The normalized spacial score (nSPS) is 14.0. The van der Waals surface area contributed by atoms with Gasteiger partial charge in [-0.15, -0.1) is 0 Å². The van der Waals surface area contributed by atoms with Gasteiger partial charge >= 0.3 is 6.18 Å². The van der Waals surface area contributed by atoms with E-state index in [1.165, 1.54) is 0 Å². The molecule has 2 nitrogen and oxygen atoms in total. The lowest BCUT2D eigenvalue weighted by atomic mass is 10.3. The second-order valence-electron chi connectivity index (χ2n) is 2.07. The first-order chi connectivity index (χ1) is 6.39. The zero-order valence-electron chi connectivity index (χ0n) is 7.89. The van der Waals surface area contributed by atoms with Crippen molar-refractivity contribution in [2.24, 2.45) is 0 Å². The van der Waals surface area contributed by atoms with Gasteiger partial charge in [-0.05, 0) is 12.1 Å². The van der Waals surface area contributed by atoms with E-state index in [1.54, 1.807) is 0 Å². The molecule has 0 aliphatic carbocycles. The molecule has 0 radical (unpaired) electrons. The number of pyridine rings is 1. The first-order valence-electron chi connectivity index (χ1n) is 4.19. The number of alkyl halides is 3. The monoisotopic (exact) mass is 178 g/mol. The van der Waals surface area contributed by atoms with E-state index in [0.29, 0.717) is 0 Å². The fourth-order valence-corrected chi connectivity index (χ4v) is 0.647. The molecule has 1 aromatic heterocycles. The zero-order chi connectivity index (χ0) is 10.8. The van der Waals surface area contributed by atoms with Crippen LogP contribution in [0.25, 0.3) is 0 Å². The molecule has 0 aliphatic rings. The Labute approximate surface area is 70.2 Å². The molecule has 0 spiro atoms. The van der Waals surface area contributed by atoms with Gasteiger partial charge in [-0.2, -0.15) is 13.2 Å². The molecule has 0 amide bonds. The third kappa shape index (κ3) is 1.87. The maximum absolute atomic E-state index is 12.0. The Morgan fingerprint density at radius 3 is 2.67 bits per heavy atom. The van der Waals surface area contributed by atoms with Crippen LogP contribution in [0.2, 0.25) is 0 Å². The summed E-state index contributed by atoms with van der Waals surface area (Å²) in [6, 6.07) is 1.93. The van der Waals surface area contributed by atoms with E-state index in [9.17, 15) is 13.2 Å². The van der Waals surface area contributed by atoms with Crippen molar-refractivity contribution in [1.82, 2.24) is 4.98 Å². The molecule has 0 aliphatic heterocycles. The van der Waals surface area contributed by atoms with E-state index in [-0.39, 0.29) is 5.69 Å². The molecule has 66 valence electrons. The van der Waals surface area contributed by atoms with Crippen LogP contribution in [0.4, 0.5) is 18.9 Å². The second-order valence-corrected chi connectivity index (χ2v) is 2.07. The second kappa shape index (κ2) is 3.00. The van der Waals surface area contributed by atoms with Gasteiger partial charge in [0, 0.05) is 9.74 Å². The molecule has 1 heterocycles. The van der Waals surface area contributed by atoms with E-state index in [0.717, 1.165) is 18.3 Å². The van der Waals surface area contributed by atoms with Gasteiger partial charge in [0.2, 0.25) is 0 Å². The predicted octanol–water partition coefficient (Wildman–Crippen LogP) is 2.14. The highest BCUT2D eigenvalue weighted by molar-refractivity contribution is 5.40. The van der Waals surface area contributed by atoms with Crippen LogP contribution in [-0.4, -0.2) is 12.0 Å². The molecular weight excluding hydrogens is 169 g/mol. The molecule has 0 atom stereocenters. The number of nitrogens with zero attached hydrogens (tertiary/aromatic N) is 1. The molecular formula is C7H7F3N2. The Bertz CT molecular complexity index is 297. The molecule has 0 aromatic carbocycles.